The van der Waals surface area contributed by atoms with Crippen molar-refractivity contribution in [3.8, 4) is 28.7 Å². The predicted molar refractivity (Wildman–Crippen MR) is 246 cm³/mol. The second-order valence-electron chi connectivity index (χ2n) is 16.1. The third kappa shape index (κ3) is 10.7. The van der Waals surface area contributed by atoms with Gasteiger partial charge >= 0.3 is 0 Å². The number of hydrogen-bond acceptors (Lipinski definition) is 12. The number of nitrogens with one attached hydrogen (secondary N) is 1. The molecule has 2 aliphatic carbocycles. The average Bonchev–Trinajstić information content (AvgIpc) is 4.19. The van der Waals surface area contributed by atoms with Gasteiger partial charge < -0.3 is 37.8 Å². The Morgan fingerprint density at radius 2 is 1.26 bits per heavy atom. The highest BCUT2D eigenvalue weighted by atomic mass is 16.5. The van der Waals surface area contributed by atoms with Crippen LogP contribution in [0.3, 0.4) is 0 Å². The van der Waals surface area contributed by atoms with Gasteiger partial charge in [-0.3, -0.25) is 14.8 Å². The number of carbonyl (C=O) groups is 1. The van der Waals surface area contributed by atoms with Gasteiger partial charge in [0.25, 0.3) is 5.91 Å². The fraction of sp³-hybridized carbons (Fsp3) is 0.288. The molecular weight excluding hydrogens is 823 g/mol. The summed E-state index contributed by atoms with van der Waals surface area (Å²) in [5.41, 5.74) is 6.46. The van der Waals surface area contributed by atoms with Crippen molar-refractivity contribution in [2.24, 2.45) is 0 Å². The Hall–Kier alpha value is -7.41. The molecule has 0 unspecified atom stereocenters. The standard InChI is InChI=1S/C26H25N3O4.C26H26N2O4/c1-31-22-13-12-17(15-23(22)32-18-7-2-3-8-18)16-24-28-19-10-6-11-20(25(19)33-24)29-26(30)21-9-4-5-14-27-21;1-29-21-13-12-18(15-24(21)31-20-8-2-3-9-20)16-25-28-26-22(10-6-11-23(26)32-25)30-17-19-7-4-5-14-27-19/h4-6,9-15,18H,2-3,7-8,16H2,1H3,(H,29,30);4-7,10-15,20H,2-3,8-9,16-17H2,1H3. The topological polar surface area (TPSA) is 153 Å². The lowest BCUT2D eigenvalue weighted by Gasteiger charge is -2.16. The van der Waals surface area contributed by atoms with E-state index in [1.807, 2.05) is 84.9 Å². The zero-order valence-electron chi connectivity index (χ0n) is 36.5. The third-order valence-electron chi connectivity index (χ3n) is 11.5. The highest BCUT2D eigenvalue weighted by Gasteiger charge is 2.22. The molecule has 0 aliphatic heterocycles. The first-order valence-electron chi connectivity index (χ1n) is 22.2. The van der Waals surface area contributed by atoms with Crippen LogP contribution in [-0.4, -0.2) is 52.3 Å². The molecule has 0 saturated heterocycles. The second-order valence-corrected chi connectivity index (χ2v) is 16.1. The van der Waals surface area contributed by atoms with E-state index >= 15 is 0 Å². The maximum absolute atomic E-state index is 12.5. The Bertz CT molecular complexity index is 2830. The number of para-hydroxylation sites is 2. The fourth-order valence-corrected chi connectivity index (χ4v) is 8.22. The molecular formula is C52H51N5O8. The van der Waals surface area contributed by atoms with Gasteiger partial charge in [-0.2, -0.15) is 0 Å². The molecule has 13 heteroatoms. The lowest BCUT2D eigenvalue weighted by atomic mass is 10.1. The van der Waals surface area contributed by atoms with E-state index in [9.17, 15) is 4.79 Å². The van der Waals surface area contributed by atoms with Crippen LogP contribution in [0.25, 0.3) is 22.2 Å². The minimum Gasteiger partial charge on any atom is -0.493 e. The summed E-state index contributed by atoms with van der Waals surface area (Å²) in [6, 6.07) is 34.1. The molecule has 4 aromatic heterocycles. The predicted octanol–water partition coefficient (Wildman–Crippen LogP) is 11.1. The number of ether oxygens (including phenoxy) is 5. The van der Waals surface area contributed by atoms with Crippen molar-refractivity contribution in [1.29, 1.82) is 0 Å². The van der Waals surface area contributed by atoms with Crippen molar-refractivity contribution in [2.75, 3.05) is 19.5 Å². The molecule has 332 valence electrons. The number of benzene rings is 4. The van der Waals surface area contributed by atoms with E-state index in [1.165, 1.54) is 25.7 Å². The molecule has 2 aliphatic rings. The number of pyridine rings is 2. The molecule has 65 heavy (non-hydrogen) atoms. The Morgan fingerprint density at radius 1 is 0.631 bits per heavy atom. The molecule has 1 amide bonds. The first-order valence-corrected chi connectivity index (χ1v) is 22.2. The third-order valence-corrected chi connectivity index (χ3v) is 11.5. The summed E-state index contributed by atoms with van der Waals surface area (Å²) in [6.45, 7) is 0.377. The van der Waals surface area contributed by atoms with Crippen LogP contribution in [0.2, 0.25) is 0 Å². The maximum atomic E-state index is 12.5. The first-order chi connectivity index (χ1) is 32.0. The van der Waals surface area contributed by atoms with E-state index in [1.54, 1.807) is 50.9 Å². The minimum absolute atomic E-state index is 0.240. The number of nitrogens with zero attached hydrogens (tertiary/aromatic N) is 4. The lowest BCUT2D eigenvalue weighted by Crippen LogP contribution is -2.13. The SMILES string of the molecule is COc1ccc(Cc2nc3c(OCc4ccccn4)cccc3o2)cc1OC1CCCC1.COc1ccc(Cc2nc3cccc(NC(=O)c4ccccn4)c3o2)cc1OC1CCCC1. The maximum Gasteiger partial charge on any atom is 0.274 e. The zero-order chi connectivity index (χ0) is 44.4. The average molecular weight is 874 g/mol. The number of amides is 1. The molecule has 1 N–H and O–H groups in total. The van der Waals surface area contributed by atoms with Gasteiger partial charge in [-0.1, -0.05) is 36.4 Å². The van der Waals surface area contributed by atoms with Gasteiger partial charge in [0.1, 0.15) is 23.6 Å². The minimum atomic E-state index is -0.301. The van der Waals surface area contributed by atoms with Crippen LogP contribution in [-0.2, 0) is 19.4 Å². The van der Waals surface area contributed by atoms with Gasteiger partial charge in [0.15, 0.2) is 51.5 Å². The van der Waals surface area contributed by atoms with Crippen molar-refractivity contribution in [1.82, 2.24) is 19.9 Å². The van der Waals surface area contributed by atoms with Crippen LogP contribution < -0.4 is 29.0 Å². The van der Waals surface area contributed by atoms with Gasteiger partial charge in [-0.25, -0.2) is 9.97 Å². The van der Waals surface area contributed by atoms with Crippen LogP contribution in [0.1, 0.15) is 90.5 Å². The number of hydrogen-bond donors (Lipinski definition) is 1. The molecule has 4 heterocycles. The smallest absolute Gasteiger partial charge is 0.274 e. The summed E-state index contributed by atoms with van der Waals surface area (Å²) in [5.74, 6) is 4.58. The normalized spacial score (nSPS) is 13.9. The lowest BCUT2D eigenvalue weighted by molar-refractivity contribution is 0.102. The van der Waals surface area contributed by atoms with E-state index in [0.29, 0.717) is 65.0 Å². The molecule has 0 spiro atoms. The van der Waals surface area contributed by atoms with Crippen LogP contribution >= 0.6 is 0 Å². The van der Waals surface area contributed by atoms with Crippen LogP contribution in [0.5, 0.6) is 28.7 Å². The summed E-state index contributed by atoms with van der Waals surface area (Å²) in [6.07, 6.45) is 14.1. The van der Waals surface area contributed by atoms with E-state index in [-0.39, 0.29) is 18.1 Å². The number of anilines is 1. The number of fused-ring (bicyclic) bond motifs is 2. The molecule has 2 saturated carbocycles. The molecule has 13 nitrogen and oxygen atoms in total. The highest BCUT2D eigenvalue weighted by molar-refractivity contribution is 6.06. The van der Waals surface area contributed by atoms with Crippen molar-refractivity contribution < 1.29 is 37.3 Å². The summed E-state index contributed by atoms with van der Waals surface area (Å²) < 4.78 is 41.5. The van der Waals surface area contributed by atoms with Gasteiger partial charge in [0.2, 0.25) is 0 Å². The largest absolute Gasteiger partial charge is 0.493 e. The summed E-state index contributed by atoms with van der Waals surface area (Å²) in [7, 11) is 3.32. The van der Waals surface area contributed by atoms with Crippen LogP contribution in [0, 0.1) is 0 Å². The number of oxazole rings is 2. The Labute approximate surface area is 377 Å². The van der Waals surface area contributed by atoms with E-state index in [4.69, 9.17) is 37.5 Å². The summed E-state index contributed by atoms with van der Waals surface area (Å²) in [5, 5.41) is 2.87. The second kappa shape index (κ2) is 20.4. The van der Waals surface area contributed by atoms with Crippen molar-refractivity contribution in [3.05, 3.63) is 156 Å². The number of methoxy groups -OCH3 is 2. The van der Waals surface area contributed by atoms with E-state index < -0.39 is 0 Å². The van der Waals surface area contributed by atoms with Crippen molar-refractivity contribution in [3.63, 3.8) is 0 Å². The molecule has 2 fully saturated rings. The number of carbonyl (C=O) groups excluding carboxylic acids is 1. The van der Waals surface area contributed by atoms with Crippen LogP contribution in [0.4, 0.5) is 5.69 Å². The number of aromatic nitrogens is 4. The molecule has 8 aromatic rings. The first kappa shape index (κ1) is 42.9. The zero-order valence-corrected chi connectivity index (χ0v) is 36.5. The Balaban J connectivity index is 0.000000164. The quantitative estimate of drug-likeness (QED) is 0.104. The van der Waals surface area contributed by atoms with Gasteiger partial charge in [0, 0.05) is 25.2 Å². The highest BCUT2D eigenvalue weighted by Crippen LogP contribution is 2.36. The Kier molecular flexibility index (Phi) is 13.5. The summed E-state index contributed by atoms with van der Waals surface area (Å²) >= 11 is 0. The van der Waals surface area contributed by atoms with E-state index in [0.717, 1.165) is 71.0 Å². The monoisotopic (exact) mass is 873 g/mol. The number of rotatable bonds is 15. The molecule has 0 radical (unpaired) electrons. The van der Waals surface area contributed by atoms with E-state index in [2.05, 4.69) is 20.3 Å². The molecule has 0 bridgehead atoms. The molecule has 0 atom stereocenters. The molecule has 10 rings (SSSR count). The fourth-order valence-electron chi connectivity index (χ4n) is 8.22. The van der Waals surface area contributed by atoms with Crippen LogP contribution in [0.15, 0.2) is 130 Å². The van der Waals surface area contributed by atoms with Crippen molar-refractivity contribution in [2.45, 2.75) is 83.0 Å². The van der Waals surface area contributed by atoms with Gasteiger partial charge in [0.05, 0.1) is 37.8 Å². The van der Waals surface area contributed by atoms with Crippen molar-refractivity contribution >= 4 is 33.8 Å². The Morgan fingerprint density at radius 3 is 1.88 bits per heavy atom. The van der Waals surface area contributed by atoms with Gasteiger partial charge in [-0.05, 0) is 135 Å². The van der Waals surface area contributed by atoms with Gasteiger partial charge in [-0.15, -0.1) is 0 Å². The molecule has 4 aromatic carbocycles. The summed E-state index contributed by atoms with van der Waals surface area (Å²) in [4.78, 5) is 30.3.